The number of allylic oxidation sites excluding steroid dienone is 1. The van der Waals surface area contributed by atoms with Crippen LogP contribution < -0.4 is 5.73 Å². The zero-order chi connectivity index (χ0) is 19.7. The van der Waals surface area contributed by atoms with Gasteiger partial charge in [0.1, 0.15) is 0 Å². The van der Waals surface area contributed by atoms with E-state index >= 15 is 0 Å². The van der Waals surface area contributed by atoms with Crippen LogP contribution in [0.25, 0.3) is 0 Å². The Kier molecular flexibility index (Phi) is 25.1. The molecule has 0 aromatic rings. The van der Waals surface area contributed by atoms with Crippen LogP contribution in [0.3, 0.4) is 0 Å². The topological polar surface area (TPSA) is 22.3 Å². The van der Waals surface area contributed by atoms with Crippen molar-refractivity contribution < 1.29 is 0 Å². The summed E-state index contributed by atoms with van der Waals surface area (Å²) < 4.78 is 0. The normalized spacial score (nSPS) is 11.6. The molecular formula is C26H51N. The van der Waals surface area contributed by atoms with Gasteiger partial charge in [0, 0.05) is 6.20 Å². The Morgan fingerprint density at radius 3 is 0.926 bits per heavy atom. The van der Waals surface area contributed by atoms with Crippen LogP contribution in [0.4, 0.5) is 0 Å². The summed E-state index contributed by atoms with van der Waals surface area (Å²) in [6.07, 6.45) is 35.6. The van der Waals surface area contributed by atoms with Crippen LogP contribution in [0.5, 0.6) is 0 Å². The lowest BCUT2D eigenvalue weighted by molar-refractivity contribution is 0.519. The van der Waals surface area contributed by atoms with Gasteiger partial charge in [-0.1, -0.05) is 148 Å². The molecule has 0 saturated carbocycles. The molecule has 0 rings (SSSR count). The van der Waals surface area contributed by atoms with E-state index in [4.69, 9.17) is 5.73 Å². The fourth-order valence-corrected chi connectivity index (χ4v) is 3.95. The fourth-order valence-electron chi connectivity index (χ4n) is 3.95. The van der Waals surface area contributed by atoms with Gasteiger partial charge >= 0.3 is 0 Å². The fraction of sp³-hybridized carbons (Fsp3) is 0.923. The van der Waals surface area contributed by atoms with Gasteiger partial charge < -0.3 is 0 Å². The maximum absolute atomic E-state index is 8.56. The lowest BCUT2D eigenvalue weighted by atomic mass is 10.0. The van der Waals surface area contributed by atoms with Crippen molar-refractivity contribution in [3.05, 3.63) is 12.3 Å². The summed E-state index contributed by atoms with van der Waals surface area (Å²) in [5.41, 5.74) is 8.56. The van der Waals surface area contributed by atoms with Gasteiger partial charge in [-0.25, -0.2) is 0 Å². The summed E-state index contributed by atoms with van der Waals surface area (Å²) in [4.78, 5) is 0. The molecule has 0 aliphatic rings. The summed E-state index contributed by atoms with van der Waals surface area (Å²) in [6, 6.07) is 0. The Hall–Kier alpha value is -0.460. The molecule has 1 heteroatoms. The first-order chi connectivity index (χ1) is 13.4. The van der Waals surface area contributed by atoms with Crippen LogP contribution in [0.2, 0.25) is 0 Å². The highest BCUT2D eigenvalue weighted by atomic mass is 14.5. The Bertz CT molecular complexity index is 271. The van der Waals surface area contributed by atoms with Gasteiger partial charge in [0.25, 0.3) is 0 Å². The quantitative estimate of drug-likeness (QED) is 0.158. The zero-order valence-corrected chi connectivity index (χ0v) is 18.9. The maximum Gasteiger partial charge on any atom is 0.0455 e. The zero-order valence-electron chi connectivity index (χ0n) is 18.9. The van der Waals surface area contributed by atoms with Crippen molar-refractivity contribution in [3.63, 3.8) is 0 Å². The summed E-state index contributed by atoms with van der Waals surface area (Å²) in [5, 5.41) is 0. The minimum Gasteiger partial charge on any atom is -0.160 e. The lowest BCUT2D eigenvalue weighted by Gasteiger charge is -2.04. The molecule has 0 N–H and O–H groups in total. The molecule has 0 fully saturated rings. The number of nitrogens with zero attached hydrogens (tertiary/aromatic N) is 1. The van der Waals surface area contributed by atoms with Crippen LogP contribution in [-0.2, 0) is 0 Å². The molecule has 0 aliphatic carbocycles. The largest absolute Gasteiger partial charge is 0.160 e. The highest BCUT2D eigenvalue weighted by Gasteiger charge is 1.95. The Morgan fingerprint density at radius 1 is 0.407 bits per heavy atom. The van der Waals surface area contributed by atoms with E-state index in [-0.39, 0.29) is 0 Å². The van der Waals surface area contributed by atoms with Crippen LogP contribution in [0.1, 0.15) is 155 Å². The third-order valence-electron chi connectivity index (χ3n) is 5.83. The van der Waals surface area contributed by atoms with Gasteiger partial charge in [-0.2, -0.15) is 5.73 Å². The second kappa shape index (κ2) is 25.5. The molecule has 0 atom stereocenters. The average Bonchev–Trinajstić information content (AvgIpc) is 2.68. The van der Waals surface area contributed by atoms with E-state index in [0.717, 1.165) is 6.42 Å². The molecule has 160 valence electrons. The van der Waals surface area contributed by atoms with E-state index in [2.05, 4.69) is 6.92 Å². The third kappa shape index (κ3) is 25.5. The molecule has 0 aromatic carbocycles. The van der Waals surface area contributed by atoms with Gasteiger partial charge in [-0.3, -0.25) is 0 Å². The summed E-state index contributed by atoms with van der Waals surface area (Å²) in [7, 11) is 0. The van der Waals surface area contributed by atoms with E-state index in [0.29, 0.717) is 0 Å². The standard InChI is InChI=1S/C26H51N/c1-2-3-4-5-6-7-8-9-10-11-12-13-14-15-16-17-18-19-20-21-22-23-24-25-26-27/h25-26H,2-24H2,1H3. The van der Waals surface area contributed by atoms with Crippen LogP contribution in [0.15, 0.2) is 12.3 Å². The summed E-state index contributed by atoms with van der Waals surface area (Å²) in [6.45, 7) is 2.30. The second-order valence-corrected chi connectivity index (χ2v) is 8.60. The molecule has 0 aliphatic heterocycles. The molecule has 0 saturated heterocycles. The Balaban J connectivity index is 2.97. The van der Waals surface area contributed by atoms with Crippen LogP contribution in [0, 0.1) is 0 Å². The molecule has 27 heavy (non-hydrogen) atoms. The number of rotatable bonds is 23. The van der Waals surface area contributed by atoms with Crippen molar-refractivity contribution in [1.82, 2.24) is 5.73 Å². The first-order valence-electron chi connectivity index (χ1n) is 12.7. The third-order valence-corrected chi connectivity index (χ3v) is 5.83. The molecule has 0 amide bonds. The van der Waals surface area contributed by atoms with E-state index < -0.39 is 0 Å². The van der Waals surface area contributed by atoms with Gasteiger partial charge in [0.15, 0.2) is 0 Å². The van der Waals surface area contributed by atoms with Crippen molar-refractivity contribution in [3.8, 4) is 0 Å². The van der Waals surface area contributed by atoms with Crippen LogP contribution >= 0.6 is 0 Å². The minimum absolute atomic E-state index is 1.04. The molecule has 0 unspecified atom stereocenters. The first kappa shape index (κ1) is 26.5. The molecule has 0 heterocycles. The highest BCUT2D eigenvalue weighted by molar-refractivity contribution is 4.74. The van der Waals surface area contributed by atoms with Crippen molar-refractivity contribution in [2.75, 3.05) is 0 Å². The predicted octanol–water partition coefficient (Wildman–Crippen LogP) is 9.56. The highest BCUT2D eigenvalue weighted by Crippen LogP contribution is 2.15. The molecule has 0 bridgehead atoms. The SMILES string of the molecule is CCCCCCCCCCCCCCCCCCCCCCCCC=C[N]. The monoisotopic (exact) mass is 377 g/mol. The number of hydrogen-bond donors (Lipinski definition) is 0. The van der Waals surface area contributed by atoms with Gasteiger partial charge in [0.2, 0.25) is 0 Å². The Morgan fingerprint density at radius 2 is 0.667 bits per heavy atom. The van der Waals surface area contributed by atoms with E-state index in [1.54, 1.807) is 0 Å². The summed E-state index contributed by atoms with van der Waals surface area (Å²) >= 11 is 0. The lowest BCUT2D eigenvalue weighted by Crippen LogP contribution is -1.84. The predicted molar refractivity (Wildman–Crippen MR) is 123 cm³/mol. The van der Waals surface area contributed by atoms with Crippen LogP contribution in [-0.4, -0.2) is 0 Å². The molecular weight excluding hydrogens is 326 g/mol. The smallest absolute Gasteiger partial charge is 0.0455 e. The number of hydrogen-bond acceptors (Lipinski definition) is 0. The average molecular weight is 378 g/mol. The van der Waals surface area contributed by atoms with Crippen molar-refractivity contribution in [2.24, 2.45) is 0 Å². The van der Waals surface area contributed by atoms with E-state index in [1.165, 1.54) is 147 Å². The van der Waals surface area contributed by atoms with E-state index in [1.807, 2.05) is 6.08 Å². The second-order valence-electron chi connectivity index (χ2n) is 8.60. The molecule has 0 aromatic heterocycles. The molecule has 2 radical (unpaired) electrons. The van der Waals surface area contributed by atoms with Crippen molar-refractivity contribution in [2.45, 2.75) is 155 Å². The van der Waals surface area contributed by atoms with Gasteiger partial charge in [-0.05, 0) is 12.8 Å². The van der Waals surface area contributed by atoms with Gasteiger partial charge in [0.05, 0.1) is 0 Å². The maximum atomic E-state index is 8.56. The first-order valence-corrected chi connectivity index (χ1v) is 12.7. The van der Waals surface area contributed by atoms with Crippen molar-refractivity contribution >= 4 is 0 Å². The van der Waals surface area contributed by atoms with Gasteiger partial charge in [-0.15, -0.1) is 0 Å². The van der Waals surface area contributed by atoms with E-state index in [9.17, 15) is 0 Å². The number of unbranched alkanes of at least 4 members (excludes halogenated alkanes) is 22. The molecule has 1 nitrogen and oxygen atoms in total. The molecule has 0 spiro atoms. The Labute approximate surface area is 173 Å². The summed E-state index contributed by atoms with van der Waals surface area (Å²) in [5.74, 6) is 0. The van der Waals surface area contributed by atoms with Crippen molar-refractivity contribution in [1.29, 1.82) is 0 Å². The minimum atomic E-state index is 1.04.